The molecule has 1 fully saturated rings. The van der Waals surface area contributed by atoms with E-state index in [0.29, 0.717) is 6.54 Å². The topological polar surface area (TPSA) is 116 Å². The van der Waals surface area contributed by atoms with Crippen molar-refractivity contribution in [3.8, 4) is 0 Å². The lowest BCUT2D eigenvalue weighted by molar-refractivity contribution is -0.132. The first-order chi connectivity index (χ1) is 10.1. The van der Waals surface area contributed by atoms with Gasteiger partial charge >= 0.3 is 0 Å². The summed E-state index contributed by atoms with van der Waals surface area (Å²) in [5, 5.41) is 2.51. The quantitative estimate of drug-likeness (QED) is 0.594. The van der Waals surface area contributed by atoms with Gasteiger partial charge < -0.3 is 15.1 Å². The largest absolute Gasteiger partial charge is 0.359 e. The molecular formula is C12H22N4O5S. The Morgan fingerprint density at radius 3 is 2.18 bits per heavy atom. The van der Waals surface area contributed by atoms with Gasteiger partial charge in [0, 0.05) is 40.2 Å². The SMILES string of the molecule is CNC(=O)[C@@H]1CN(C(C)=O)CCN(C(=O)CNS(C)(=O)=O)C1. The lowest BCUT2D eigenvalue weighted by Gasteiger charge is -2.23. The second-order valence-electron chi connectivity index (χ2n) is 5.21. The van der Waals surface area contributed by atoms with Gasteiger partial charge in [-0.05, 0) is 0 Å². The van der Waals surface area contributed by atoms with Crippen LogP contribution in [-0.2, 0) is 24.4 Å². The molecule has 9 nitrogen and oxygen atoms in total. The van der Waals surface area contributed by atoms with E-state index in [1.165, 1.54) is 23.8 Å². The van der Waals surface area contributed by atoms with Gasteiger partial charge in [-0.15, -0.1) is 0 Å². The highest BCUT2D eigenvalue weighted by Gasteiger charge is 2.30. The Balaban J connectivity index is 2.80. The molecule has 0 spiro atoms. The average molecular weight is 334 g/mol. The molecule has 10 heteroatoms. The standard InChI is InChI=1S/C12H22N4O5S/c1-9(17)15-4-5-16(8-10(7-15)12(19)13-2)11(18)6-14-22(3,20)21/h10,14H,4-8H2,1-3H3,(H,13,19)/t10-/m1/s1. The van der Waals surface area contributed by atoms with Crippen LogP contribution in [0.4, 0.5) is 0 Å². The van der Waals surface area contributed by atoms with Gasteiger partial charge in [0.2, 0.25) is 27.7 Å². The summed E-state index contributed by atoms with van der Waals surface area (Å²) in [6.07, 6.45) is 0.966. The first kappa shape index (κ1) is 18.4. The highest BCUT2D eigenvalue weighted by atomic mass is 32.2. The maximum absolute atomic E-state index is 12.1. The summed E-state index contributed by atoms with van der Waals surface area (Å²) in [5.41, 5.74) is 0. The van der Waals surface area contributed by atoms with E-state index in [0.717, 1.165) is 6.26 Å². The molecule has 0 aromatic heterocycles. The molecular weight excluding hydrogens is 312 g/mol. The summed E-state index contributed by atoms with van der Waals surface area (Å²) in [5.74, 6) is -1.40. The van der Waals surface area contributed by atoms with Crippen LogP contribution in [0.2, 0.25) is 0 Å². The summed E-state index contributed by atoms with van der Waals surface area (Å²) in [6.45, 7) is 2.00. The fourth-order valence-corrected chi connectivity index (χ4v) is 2.59. The van der Waals surface area contributed by atoms with Gasteiger partial charge in [0.05, 0.1) is 18.7 Å². The van der Waals surface area contributed by atoms with Crippen LogP contribution in [0, 0.1) is 5.92 Å². The van der Waals surface area contributed by atoms with Crippen LogP contribution in [0.5, 0.6) is 0 Å². The zero-order valence-corrected chi connectivity index (χ0v) is 13.8. The van der Waals surface area contributed by atoms with Crippen molar-refractivity contribution in [1.29, 1.82) is 0 Å². The molecule has 0 aromatic carbocycles. The van der Waals surface area contributed by atoms with Crippen molar-refractivity contribution in [2.75, 3.05) is 46.0 Å². The molecule has 0 saturated carbocycles. The number of carbonyl (C=O) groups is 3. The molecule has 1 heterocycles. The van der Waals surface area contributed by atoms with Crippen LogP contribution < -0.4 is 10.0 Å². The van der Waals surface area contributed by atoms with Gasteiger partial charge in [0.25, 0.3) is 0 Å². The molecule has 0 unspecified atom stereocenters. The number of sulfonamides is 1. The number of hydrogen-bond donors (Lipinski definition) is 2. The van der Waals surface area contributed by atoms with E-state index in [9.17, 15) is 22.8 Å². The zero-order valence-electron chi connectivity index (χ0n) is 13.0. The van der Waals surface area contributed by atoms with Crippen molar-refractivity contribution in [2.45, 2.75) is 6.92 Å². The predicted octanol–water partition coefficient (Wildman–Crippen LogP) is -2.41. The Morgan fingerprint density at radius 1 is 1.14 bits per heavy atom. The van der Waals surface area contributed by atoms with Crippen molar-refractivity contribution in [3.05, 3.63) is 0 Å². The van der Waals surface area contributed by atoms with Crippen LogP contribution in [0.3, 0.4) is 0 Å². The Bertz CT molecular complexity index is 548. The van der Waals surface area contributed by atoms with E-state index < -0.39 is 21.8 Å². The lowest BCUT2D eigenvalue weighted by Crippen LogP contribution is -2.45. The molecule has 126 valence electrons. The monoisotopic (exact) mass is 334 g/mol. The minimum absolute atomic E-state index is 0.147. The number of amides is 3. The van der Waals surface area contributed by atoms with Gasteiger partial charge in [0.1, 0.15) is 0 Å². The van der Waals surface area contributed by atoms with E-state index >= 15 is 0 Å². The number of rotatable bonds is 4. The highest BCUT2D eigenvalue weighted by molar-refractivity contribution is 7.88. The molecule has 0 radical (unpaired) electrons. The van der Waals surface area contributed by atoms with Gasteiger partial charge in [-0.1, -0.05) is 0 Å². The van der Waals surface area contributed by atoms with Crippen LogP contribution in [-0.4, -0.2) is 82.0 Å². The summed E-state index contributed by atoms with van der Waals surface area (Å²) in [4.78, 5) is 38.4. The number of nitrogens with zero attached hydrogens (tertiary/aromatic N) is 2. The third-order valence-electron chi connectivity index (χ3n) is 3.42. The van der Waals surface area contributed by atoms with E-state index in [-0.39, 0.29) is 38.0 Å². The van der Waals surface area contributed by atoms with Crippen LogP contribution in [0.1, 0.15) is 6.92 Å². The van der Waals surface area contributed by atoms with E-state index in [1.54, 1.807) is 0 Å². The molecule has 0 aromatic rings. The fourth-order valence-electron chi connectivity index (χ4n) is 2.20. The third-order valence-corrected chi connectivity index (χ3v) is 4.09. The van der Waals surface area contributed by atoms with Crippen molar-refractivity contribution in [3.63, 3.8) is 0 Å². The zero-order chi connectivity index (χ0) is 16.9. The minimum Gasteiger partial charge on any atom is -0.359 e. The maximum atomic E-state index is 12.1. The van der Waals surface area contributed by atoms with Crippen molar-refractivity contribution < 1.29 is 22.8 Å². The predicted molar refractivity (Wildman–Crippen MR) is 79.2 cm³/mol. The lowest BCUT2D eigenvalue weighted by atomic mass is 10.1. The maximum Gasteiger partial charge on any atom is 0.237 e. The molecule has 1 atom stereocenters. The van der Waals surface area contributed by atoms with Crippen molar-refractivity contribution in [2.24, 2.45) is 5.92 Å². The van der Waals surface area contributed by atoms with Crippen LogP contribution >= 0.6 is 0 Å². The van der Waals surface area contributed by atoms with Gasteiger partial charge in [0.15, 0.2) is 0 Å². The molecule has 2 N–H and O–H groups in total. The smallest absolute Gasteiger partial charge is 0.237 e. The molecule has 1 rings (SSSR count). The summed E-state index contributed by atoms with van der Waals surface area (Å²) in [6, 6.07) is 0. The summed E-state index contributed by atoms with van der Waals surface area (Å²) in [7, 11) is -1.98. The van der Waals surface area contributed by atoms with E-state index in [1.807, 2.05) is 0 Å². The second-order valence-corrected chi connectivity index (χ2v) is 7.04. The Morgan fingerprint density at radius 2 is 1.68 bits per heavy atom. The molecule has 0 aliphatic carbocycles. The molecule has 1 saturated heterocycles. The highest BCUT2D eigenvalue weighted by Crippen LogP contribution is 2.10. The number of nitrogens with one attached hydrogen (secondary N) is 2. The second kappa shape index (κ2) is 7.54. The van der Waals surface area contributed by atoms with Crippen LogP contribution in [0.25, 0.3) is 0 Å². The minimum atomic E-state index is -3.47. The van der Waals surface area contributed by atoms with E-state index in [2.05, 4.69) is 10.0 Å². The van der Waals surface area contributed by atoms with Gasteiger partial charge in [-0.2, -0.15) is 0 Å². The Labute approximate surface area is 130 Å². The first-order valence-corrected chi connectivity index (χ1v) is 8.72. The molecule has 0 bridgehead atoms. The van der Waals surface area contributed by atoms with Crippen molar-refractivity contribution >= 4 is 27.7 Å². The Hall–Kier alpha value is -1.68. The molecule has 1 aliphatic rings. The van der Waals surface area contributed by atoms with Gasteiger partial charge in [-0.3, -0.25) is 14.4 Å². The van der Waals surface area contributed by atoms with E-state index in [4.69, 9.17) is 0 Å². The normalized spacial score (nSPS) is 19.5. The van der Waals surface area contributed by atoms with Crippen LogP contribution in [0.15, 0.2) is 0 Å². The summed E-state index contributed by atoms with van der Waals surface area (Å²) >= 11 is 0. The molecule has 1 aliphatic heterocycles. The number of carbonyl (C=O) groups excluding carboxylic acids is 3. The average Bonchev–Trinajstić information content (AvgIpc) is 2.66. The molecule has 22 heavy (non-hydrogen) atoms. The first-order valence-electron chi connectivity index (χ1n) is 6.83. The Kier molecular flexibility index (Phi) is 6.30. The molecule has 3 amide bonds. The number of hydrogen-bond acceptors (Lipinski definition) is 5. The summed E-state index contributed by atoms with van der Waals surface area (Å²) < 4.78 is 24.2. The third kappa shape index (κ3) is 5.60. The van der Waals surface area contributed by atoms with Gasteiger partial charge in [-0.25, -0.2) is 13.1 Å². The fraction of sp³-hybridized carbons (Fsp3) is 0.750. The van der Waals surface area contributed by atoms with Crippen molar-refractivity contribution in [1.82, 2.24) is 19.8 Å².